The summed E-state index contributed by atoms with van der Waals surface area (Å²) >= 11 is 0. The minimum absolute atomic E-state index is 0.0222. The lowest BCUT2D eigenvalue weighted by atomic mass is 9.82. The highest BCUT2D eigenvalue weighted by Crippen LogP contribution is 2.46. The van der Waals surface area contributed by atoms with Crippen LogP contribution in [0.2, 0.25) is 0 Å². The predicted octanol–water partition coefficient (Wildman–Crippen LogP) is 3.97. The van der Waals surface area contributed by atoms with Crippen molar-refractivity contribution in [2.75, 3.05) is 5.32 Å². The third kappa shape index (κ3) is 3.15. The molecule has 1 spiro atoms. The average Bonchev–Trinajstić information content (AvgIpc) is 2.92. The number of carbonyl (C=O) groups is 1. The van der Waals surface area contributed by atoms with E-state index < -0.39 is 5.60 Å². The number of anilines is 1. The van der Waals surface area contributed by atoms with Crippen molar-refractivity contribution in [3.63, 3.8) is 0 Å². The zero-order valence-electron chi connectivity index (χ0n) is 15.2. The van der Waals surface area contributed by atoms with Gasteiger partial charge >= 0.3 is 0 Å². The molecule has 26 heavy (non-hydrogen) atoms. The van der Waals surface area contributed by atoms with Gasteiger partial charge in [-0.05, 0) is 24.5 Å². The first kappa shape index (κ1) is 17.3. The summed E-state index contributed by atoms with van der Waals surface area (Å²) < 4.78 is 6.44. The Hall–Kier alpha value is -2.17. The molecule has 3 atom stereocenters. The fraction of sp³-hybridized carbons (Fsp3) is 0.409. The van der Waals surface area contributed by atoms with Gasteiger partial charge < -0.3 is 15.4 Å². The van der Waals surface area contributed by atoms with Crippen molar-refractivity contribution in [3.8, 4) is 0 Å². The van der Waals surface area contributed by atoms with Crippen LogP contribution in [-0.2, 0) is 21.7 Å². The summed E-state index contributed by atoms with van der Waals surface area (Å²) in [4.78, 5) is 12.9. The first-order valence-electron chi connectivity index (χ1n) is 9.57. The molecule has 0 aromatic heterocycles. The van der Waals surface area contributed by atoms with Crippen molar-refractivity contribution in [2.45, 2.75) is 56.9 Å². The van der Waals surface area contributed by atoms with Gasteiger partial charge in [0.2, 0.25) is 0 Å². The summed E-state index contributed by atoms with van der Waals surface area (Å²) in [6.45, 7) is 2.98. The number of nitrogens with one attached hydrogen (secondary N) is 2. The van der Waals surface area contributed by atoms with E-state index >= 15 is 0 Å². The highest BCUT2D eigenvalue weighted by atomic mass is 16.5. The van der Waals surface area contributed by atoms with Gasteiger partial charge in [-0.2, -0.15) is 0 Å². The predicted molar refractivity (Wildman–Crippen MR) is 103 cm³/mol. The van der Waals surface area contributed by atoms with Gasteiger partial charge in [0, 0.05) is 30.3 Å². The van der Waals surface area contributed by atoms with Gasteiger partial charge in [0.15, 0.2) is 5.60 Å². The van der Waals surface area contributed by atoms with Crippen LogP contribution < -0.4 is 10.6 Å². The van der Waals surface area contributed by atoms with Crippen LogP contribution in [0.3, 0.4) is 0 Å². The number of benzene rings is 2. The van der Waals surface area contributed by atoms with E-state index in [9.17, 15) is 4.79 Å². The molecule has 0 radical (unpaired) electrons. The Kier molecular flexibility index (Phi) is 4.79. The van der Waals surface area contributed by atoms with Crippen molar-refractivity contribution >= 4 is 11.6 Å². The number of carbonyl (C=O) groups excluding carboxylic acids is 1. The normalized spacial score (nSPS) is 27.3. The van der Waals surface area contributed by atoms with Crippen molar-refractivity contribution in [2.24, 2.45) is 0 Å². The number of fused-ring (bicyclic) bond motifs is 2. The van der Waals surface area contributed by atoms with Crippen molar-refractivity contribution < 1.29 is 9.53 Å². The maximum Gasteiger partial charge on any atom is 0.261 e. The molecule has 2 heterocycles. The van der Waals surface area contributed by atoms with Crippen LogP contribution in [-0.4, -0.2) is 18.1 Å². The van der Waals surface area contributed by atoms with Gasteiger partial charge in [-0.1, -0.05) is 61.9 Å². The number of para-hydroxylation sites is 1. The largest absolute Gasteiger partial charge is 0.357 e. The highest BCUT2D eigenvalue weighted by molar-refractivity contribution is 6.05. The molecule has 4 nitrogen and oxygen atoms in total. The first-order chi connectivity index (χ1) is 12.7. The van der Waals surface area contributed by atoms with Crippen LogP contribution in [0.15, 0.2) is 54.6 Å². The van der Waals surface area contributed by atoms with E-state index in [0.717, 1.165) is 37.1 Å². The van der Waals surface area contributed by atoms with Gasteiger partial charge in [-0.25, -0.2) is 0 Å². The molecule has 4 heteroatoms. The number of amides is 1. The Labute approximate surface area is 155 Å². The van der Waals surface area contributed by atoms with Gasteiger partial charge in [0.05, 0.1) is 6.10 Å². The molecule has 2 aromatic rings. The lowest BCUT2D eigenvalue weighted by Gasteiger charge is -2.41. The number of ether oxygens (including phenoxy) is 1. The van der Waals surface area contributed by atoms with Crippen LogP contribution in [0.1, 0.15) is 43.7 Å². The zero-order chi connectivity index (χ0) is 18.0. The fourth-order valence-corrected chi connectivity index (χ4v) is 4.25. The maximum absolute atomic E-state index is 12.9. The van der Waals surface area contributed by atoms with Crippen LogP contribution >= 0.6 is 0 Å². The standard InChI is InChI=1S/C22H26N2O2/c1-2-8-18-13-17(23-15-16-9-4-3-5-10-16)14-22(26-18)19-11-6-7-12-20(19)24-21(22)25/h3-7,9-12,17-18,23H,2,8,13-15H2,1H3,(H,24,25)/t17-,18-,22+/m0/s1. The van der Waals surface area contributed by atoms with E-state index in [4.69, 9.17) is 4.74 Å². The van der Waals surface area contributed by atoms with E-state index in [0.29, 0.717) is 6.42 Å². The summed E-state index contributed by atoms with van der Waals surface area (Å²) in [6.07, 6.45) is 3.73. The van der Waals surface area contributed by atoms with Crippen molar-refractivity contribution in [1.82, 2.24) is 5.32 Å². The van der Waals surface area contributed by atoms with Gasteiger partial charge in [0.25, 0.3) is 5.91 Å². The van der Waals surface area contributed by atoms with Gasteiger partial charge in [0.1, 0.15) is 0 Å². The number of hydrogen-bond acceptors (Lipinski definition) is 3. The molecule has 0 bridgehead atoms. The summed E-state index contributed by atoms with van der Waals surface area (Å²) in [7, 11) is 0. The third-order valence-electron chi connectivity index (χ3n) is 5.47. The molecule has 136 valence electrons. The van der Waals surface area contributed by atoms with Crippen molar-refractivity contribution in [1.29, 1.82) is 0 Å². The molecular formula is C22H26N2O2. The van der Waals surface area contributed by atoms with Gasteiger partial charge in [-0.3, -0.25) is 4.79 Å². The Bertz CT molecular complexity index is 777. The summed E-state index contributed by atoms with van der Waals surface area (Å²) in [6, 6.07) is 18.6. The minimum Gasteiger partial charge on any atom is -0.357 e. The smallest absolute Gasteiger partial charge is 0.261 e. The minimum atomic E-state index is -0.858. The quantitative estimate of drug-likeness (QED) is 0.858. The third-order valence-corrected chi connectivity index (χ3v) is 5.47. The molecule has 2 aromatic carbocycles. The van der Waals surface area contributed by atoms with Crippen LogP contribution in [0.4, 0.5) is 5.69 Å². The monoisotopic (exact) mass is 350 g/mol. The first-order valence-corrected chi connectivity index (χ1v) is 9.57. The number of hydrogen-bond donors (Lipinski definition) is 2. The number of rotatable bonds is 5. The Balaban J connectivity index is 1.58. The second kappa shape index (κ2) is 7.22. The maximum atomic E-state index is 12.9. The van der Waals surface area contributed by atoms with E-state index in [1.165, 1.54) is 5.56 Å². The zero-order valence-corrected chi connectivity index (χ0v) is 15.2. The highest BCUT2D eigenvalue weighted by Gasteiger charge is 2.53. The van der Waals surface area contributed by atoms with E-state index in [2.05, 4.69) is 41.8 Å². The van der Waals surface area contributed by atoms with Crippen LogP contribution in [0.5, 0.6) is 0 Å². The molecule has 2 aliphatic heterocycles. The topological polar surface area (TPSA) is 50.4 Å². The van der Waals surface area contributed by atoms with Crippen molar-refractivity contribution in [3.05, 3.63) is 65.7 Å². The van der Waals surface area contributed by atoms with E-state index in [1.54, 1.807) is 0 Å². The van der Waals surface area contributed by atoms with Crippen LogP contribution in [0.25, 0.3) is 0 Å². The fourth-order valence-electron chi connectivity index (χ4n) is 4.25. The molecule has 1 saturated heterocycles. The van der Waals surface area contributed by atoms with Crippen LogP contribution in [0, 0.1) is 0 Å². The molecule has 1 fully saturated rings. The molecular weight excluding hydrogens is 324 g/mol. The SMILES string of the molecule is CCC[C@H]1C[C@H](NCc2ccccc2)C[C@]2(O1)C(=O)Nc1ccccc12. The molecule has 0 unspecified atom stereocenters. The van der Waals surface area contributed by atoms with E-state index in [-0.39, 0.29) is 18.1 Å². The van der Waals surface area contributed by atoms with E-state index in [1.807, 2.05) is 30.3 Å². The molecule has 0 saturated carbocycles. The molecule has 2 aliphatic rings. The lowest BCUT2D eigenvalue weighted by molar-refractivity contribution is -0.167. The molecule has 1 amide bonds. The summed E-state index contributed by atoms with van der Waals surface area (Å²) in [5, 5.41) is 6.69. The van der Waals surface area contributed by atoms with Gasteiger partial charge in [-0.15, -0.1) is 0 Å². The Morgan fingerprint density at radius 1 is 1.15 bits per heavy atom. The summed E-state index contributed by atoms with van der Waals surface area (Å²) in [5.74, 6) is -0.0222. The Morgan fingerprint density at radius 3 is 2.73 bits per heavy atom. The Morgan fingerprint density at radius 2 is 1.92 bits per heavy atom. The second-order valence-electron chi connectivity index (χ2n) is 7.36. The molecule has 2 N–H and O–H groups in total. The summed E-state index contributed by atoms with van der Waals surface area (Å²) in [5.41, 5.74) is 2.27. The lowest BCUT2D eigenvalue weighted by Crippen LogP contribution is -2.52. The average molecular weight is 350 g/mol. The molecule has 0 aliphatic carbocycles. The molecule has 4 rings (SSSR count). The second-order valence-corrected chi connectivity index (χ2v) is 7.36.